The van der Waals surface area contributed by atoms with E-state index in [9.17, 15) is 9.18 Å². The third-order valence-corrected chi connectivity index (χ3v) is 3.72. The molecule has 0 aliphatic carbocycles. The summed E-state index contributed by atoms with van der Waals surface area (Å²) in [7, 11) is 0. The molecule has 0 fully saturated rings. The van der Waals surface area contributed by atoms with Crippen LogP contribution in [0.1, 0.15) is 11.1 Å². The smallest absolute Gasteiger partial charge is 0.234 e. The van der Waals surface area contributed by atoms with Crippen molar-refractivity contribution in [1.29, 1.82) is 5.26 Å². The van der Waals surface area contributed by atoms with E-state index in [0.29, 0.717) is 22.8 Å². The van der Waals surface area contributed by atoms with Crippen LogP contribution in [0.2, 0.25) is 0 Å². The van der Waals surface area contributed by atoms with Crippen LogP contribution in [0.5, 0.6) is 0 Å². The average molecular weight is 300 g/mol. The molecule has 0 spiro atoms. The zero-order valence-electron chi connectivity index (χ0n) is 11.2. The standard InChI is InChI=1S/C16H13FN2OS/c17-14-5-1-13(2-6-14)10-21-11-16(20)19-15-7-3-12(9-18)4-8-15/h1-8H,10-11H2,(H,19,20). The normalized spacial score (nSPS) is 9.90. The number of rotatable bonds is 5. The quantitative estimate of drug-likeness (QED) is 0.918. The Morgan fingerprint density at radius 2 is 1.81 bits per heavy atom. The lowest BCUT2D eigenvalue weighted by atomic mass is 10.2. The second-order valence-electron chi connectivity index (χ2n) is 4.36. The zero-order valence-corrected chi connectivity index (χ0v) is 12.0. The molecule has 1 N–H and O–H groups in total. The summed E-state index contributed by atoms with van der Waals surface area (Å²) >= 11 is 1.46. The van der Waals surface area contributed by atoms with Crippen molar-refractivity contribution >= 4 is 23.4 Å². The van der Waals surface area contributed by atoms with Gasteiger partial charge >= 0.3 is 0 Å². The van der Waals surface area contributed by atoms with Crippen molar-refractivity contribution in [1.82, 2.24) is 0 Å². The molecule has 2 rings (SSSR count). The molecule has 2 aromatic carbocycles. The van der Waals surface area contributed by atoms with E-state index in [1.807, 2.05) is 6.07 Å². The minimum Gasteiger partial charge on any atom is -0.325 e. The van der Waals surface area contributed by atoms with Gasteiger partial charge in [-0.25, -0.2) is 4.39 Å². The van der Waals surface area contributed by atoms with Crippen LogP contribution in [0, 0.1) is 17.1 Å². The molecule has 5 heteroatoms. The summed E-state index contributed by atoms with van der Waals surface area (Å²) in [6.07, 6.45) is 0. The van der Waals surface area contributed by atoms with Gasteiger partial charge in [0.05, 0.1) is 17.4 Å². The number of thioether (sulfide) groups is 1. The Labute approximate surface area is 126 Å². The molecular formula is C16H13FN2OS. The number of anilines is 1. The zero-order chi connectivity index (χ0) is 15.1. The fourth-order valence-corrected chi connectivity index (χ4v) is 2.46. The monoisotopic (exact) mass is 300 g/mol. The Morgan fingerprint density at radius 3 is 2.43 bits per heavy atom. The van der Waals surface area contributed by atoms with Gasteiger partial charge in [0, 0.05) is 11.4 Å². The summed E-state index contributed by atoms with van der Waals surface area (Å²) in [5, 5.41) is 11.4. The van der Waals surface area contributed by atoms with Crippen LogP contribution < -0.4 is 5.32 Å². The average Bonchev–Trinajstić information content (AvgIpc) is 2.50. The van der Waals surface area contributed by atoms with E-state index in [1.165, 1.54) is 23.9 Å². The van der Waals surface area contributed by atoms with Gasteiger partial charge in [-0.2, -0.15) is 5.26 Å². The van der Waals surface area contributed by atoms with E-state index >= 15 is 0 Å². The van der Waals surface area contributed by atoms with Crippen LogP contribution in [0.3, 0.4) is 0 Å². The maximum Gasteiger partial charge on any atom is 0.234 e. The summed E-state index contributed by atoms with van der Waals surface area (Å²) in [6.45, 7) is 0. The molecule has 1 amide bonds. The lowest BCUT2D eigenvalue weighted by Crippen LogP contribution is -2.14. The lowest BCUT2D eigenvalue weighted by Gasteiger charge is -2.05. The topological polar surface area (TPSA) is 52.9 Å². The van der Waals surface area contributed by atoms with Crippen molar-refractivity contribution in [2.24, 2.45) is 0 Å². The Balaban J connectivity index is 1.76. The first-order valence-electron chi connectivity index (χ1n) is 6.29. The molecule has 0 aromatic heterocycles. The third-order valence-electron chi connectivity index (χ3n) is 2.71. The summed E-state index contributed by atoms with van der Waals surface area (Å²) in [5.41, 5.74) is 2.20. The first-order valence-corrected chi connectivity index (χ1v) is 7.45. The summed E-state index contributed by atoms with van der Waals surface area (Å²) in [5.74, 6) is 0.604. The molecule has 0 aliphatic rings. The first kappa shape index (κ1) is 15.1. The number of benzene rings is 2. The second kappa shape index (κ2) is 7.46. The van der Waals surface area contributed by atoms with Crippen molar-refractivity contribution in [2.75, 3.05) is 11.1 Å². The molecule has 21 heavy (non-hydrogen) atoms. The van der Waals surface area contributed by atoms with Crippen LogP contribution in [0.4, 0.5) is 10.1 Å². The number of carbonyl (C=O) groups is 1. The molecular weight excluding hydrogens is 287 g/mol. The molecule has 0 saturated carbocycles. The van der Waals surface area contributed by atoms with Gasteiger partial charge in [-0.05, 0) is 42.0 Å². The number of carbonyl (C=O) groups excluding carboxylic acids is 1. The van der Waals surface area contributed by atoms with Gasteiger partial charge in [-0.3, -0.25) is 4.79 Å². The van der Waals surface area contributed by atoms with Gasteiger partial charge in [0.1, 0.15) is 5.82 Å². The van der Waals surface area contributed by atoms with Crippen LogP contribution >= 0.6 is 11.8 Å². The van der Waals surface area contributed by atoms with Gasteiger partial charge in [0.2, 0.25) is 5.91 Å². The highest BCUT2D eigenvalue weighted by Gasteiger charge is 2.03. The highest BCUT2D eigenvalue weighted by Crippen LogP contribution is 2.14. The van der Waals surface area contributed by atoms with E-state index in [1.54, 1.807) is 36.4 Å². The van der Waals surface area contributed by atoms with Crippen molar-refractivity contribution in [3.8, 4) is 6.07 Å². The number of amides is 1. The van der Waals surface area contributed by atoms with E-state index in [-0.39, 0.29) is 11.7 Å². The SMILES string of the molecule is N#Cc1ccc(NC(=O)CSCc2ccc(F)cc2)cc1. The van der Waals surface area contributed by atoms with E-state index < -0.39 is 0 Å². The largest absolute Gasteiger partial charge is 0.325 e. The molecule has 0 radical (unpaired) electrons. The predicted octanol–water partition coefficient (Wildman–Crippen LogP) is 3.57. The van der Waals surface area contributed by atoms with Gasteiger partial charge in [-0.1, -0.05) is 12.1 Å². The minimum atomic E-state index is -0.262. The van der Waals surface area contributed by atoms with Crippen molar-refractivity contribution in [2.45, 2.75) is 5.75 Å². The number of nitrogens with zero attached hydrogens (tertiary/aromatic N) is 1. The Morgan fingerprint density at radius 1 is 1.14 bits per heavy atom. The molecule has 2 aromatic rings. The molecule has 3 nitrogen and oxygen atoms in total. The number of hydrogen-bond donors (Lipinski definition) is 1. The van der Waals surface area contributed by atoms with Crippen LogP contribution in [0.15, 0.2) is 48.5 Å². The molecule has 0 unspecified atom stereocenters. The summed E-state index contributed by atoms with van der Waals surface area (Å²) in [4.78, 5) is 11.8. The molecule has 0 saturated heterocycles. The Bertz CT molecular complexity index is 647. The number of nitriles is 1. The van der Waals surface area contributed by atoms with Crippen LogP contribution in [-0.2, 0) is 10.5 Å². The number of halogens is 1. The Kier molecular flexibility index (Phi) is 5.35. The van der Waals surface area contributed by atoms with Crippen LogP contribution in [0.25, 0.3) is 0 Å². The molecule has 0 heterocycles. The van der Waals surface area contributed by atoms with Crippen molar-refractivity contribution in [3.05, 3.63) is 65.5 Å². The highest BCUT2D eigenvalue weighted by atomic mass is 32.2. The van der Waals surface area contributed by atoms with Gasteiger partial charge < -0.3 is 5.32 Å². The molecule has 106 valence electrons. The fourth-order valence-electron chi connectivity index (χ4n) is 1.67. The summed E-state index contributed by atoms with van der Waals surface area (Å²) in [6, 6.07) is 15.0. The minimum absolute atomic E-state index is 0.105. The molecule has 0 bridgehead atoms. The van der Waals surface area contributed by atoms with Gasteiger partial charge in [0.25, 0.3) is 0 Å². The molecule has 0 atom stereocenters. The maximum atomic E-state index is 12.7. The van der Waals surface area contributed by atoms with E-state index in [4.69, 9.17) is 5.26 Å². The van der Waals surface area contributed by atoms with E-state index in [2.05, 4.69) is 5.32 Å². The highest BCUT2D eigenvalue weighted by molar-refractivity contribution is 7.99. The van der Waals surface area contributed by atoms with Gasteiger partial charge in [-0.15, -0.1) is 11.8 Å². The van der Waals surface area contributed by atoms with E-state index in [0.717, 1.165) is 5.56 Å². The lowest BCUT2D eigenvalue weighted by molar-refractivity contribution is -0.113. The summed E-state index contributed by atoms with van der Waals surface area (Å²) < 4.78 is 12.7. The predicted molar refractivity (Wildman–Crippen MR) is 82.3 cm³/mol. The van der Waals surface area contributed by atoms with Crippen molar-refractivity contribution < 1.29 is 9.18 Å². The first-order chi connectivity index (χ1) is 10.2. The Hall–Kier alpha value is -2.32. The second-order valence-corrected chi connectivity index (χ2v) is 5.34. The van der Waals surface area contributed by atoms with Gasteiger partial charge in [0.15, 0.2) is 0 Å². The third kappa shape index (κ3) is 4.93. The number of hydrogen-bond acceptors (Lipinski definition) is 3. The maximum absolute atomic E-state index is 12.7. The number of nitrogens with one attached hydrogen (secondary N) is 1. The molecule has 0 aliphatic heterocycles. The van der Waals surface area contributed by atoms with Crippen LogP contribution in [-0.4, -0.2) is 11.7 Å². The van der Waals surface area contributed by atoms with Crippen molar-refractivity contribution in [3.63, 3.8) is 0 Å². The fraction of sp³-hybridized carbons (Fsp3) is 0.125.